The van der Waals surface area contributed by atoms with Gasteiger partial charge < -0.3 is 10.5 Å². The van der Waals surface area contributed by atoms with Gasteiger partial charge in [-0.2, -0.15) is 0 Å². The highest BCUT2D eigenvalue weighted by Gasteiger charge is 2.27. The van der Waals surface area contributed by atoms with Crippen molar-refractivity contribution in [1.82, 2.24) is 0 Å². The largest absolute Gasteiger partial charge is 0.475 e. The summed E-state index contributed by atoms with van der Waals surface area (Å²) in [4.78, 5) is 4.47. The molecule has 3 heteroatoms. The Morgan fingerprint density at radius 2 is 1.88 bits per heavy atom. The molecular formula is C13H20N2O. The minimum atomic E-state index is -0.127. The van der Waals surface area contributed by atoms with Gasteiger partial charge in [0.25, 0.3) is 0 Å². The van der Waals surface area contributed by atoms with Crippen LogP contribution >= 0.6 is 0 Å². The molecular weight excluding hydrogens is 200 g/mol. The van der Waals surface area contributed by atoms with Gasteiger partial charge in [-0.05, 0) is 26.0 Å². The molecule has 0 aliphatic carbocycles. The van der Waals surface area contributed by atoms with Crippen molar-refractivity contribution in [3.63, 3.8) is 0 Å². The van der Waals surface area contributed by atoms with Crippen LogP contribution < -0.4 is 5.73 Å². The normalized spacial score (nSPS) is 16.9. The summed E-state index contributed by atoms with van der Waals surface area (Å²) in [7, 11) is 0. The number of aliphatic imine (C=N–C) groups is 1. The standard InChI is InChI=1S/C11H14N2O.C2H6/c1-11(2)7-14-10(13-11)8-5-3-4-6-9(8)12;1-2/h3-6H,7,12H2,1-2H3;1-2H3. The lowest BCUT2D eigenvalue weighted by Crippen LogP contribution is -2.17. The fourth-order valence-corrected chi connectivity index (χ4v) is 1.41. The summed E-state index contributed by atoms with van der Waals surface area (Å²) in [5.41, 5.74) is 7.30. The van der Waals surface area contributed by atoms with Crippen LogP contribution in [0.1, 0.15) is 33.3 Å². The minimum absolute atomic E-state index is 0.127. The first-order valence-corrected chi connectivity index (χ1v) is 5.66. The highest BCUT2D eigenvalue weighted by molar-refractivity contribution is 6.00. The van der Waals surface area contributed by atoms with Crippen molar-refractivity contribution < 1.29 is 4.74 Å². The van der Waals surface area contributed by atoms with Gasteiger partial charge in [0.1, 0.15) is 6.61 Å². The van der Waals surface area contributed by atoms with Crippen LogP contribution in [0.25, 0.3) is 0 Å². The van der Waals surface area contributed by atoms with Crippen LogP contribution in [0.3, 0.4) is 0 Å². The molecule has 0 fully saturated rings. The predicted molar refractivity (Wildman–Crippen MR) is 68.8 cm³/mol. The Balaban J connectivity index is 0.000000606. The van der Waals surface area contributed by atoms with E-state index in [2.05, 4.69) is 4.99 Å². The van der Waals surface area contributed by atoms with Crippen LogP contribution in [0.4, 0.5) is 5.69 Å². The highest BCUT2D eigenvalue weighted by Crippen LogP contribution is 2.23. The third-order valence-corrected chi connectivity index (χ3v) is 2.16. The maximum Gasteiger partial charge on any atom is 0.218 e. The molecule has 16 heavy (non-hydrogen) atoms. The van der Waals surface area contributed by atoms with Gasteiger partial charge in [0.05, 0.1) is 11.1 Å². The van der Waals surface area contributed by atoms with E-state index in [1.807, 2.05) is 52.0 Å². The van der Waals surface area contributed by atoms with E-state index >= 15 is 0 Å². The van der Waals surface area contributed by atoms with Crippen molar-refractivity contribution in [3.8, 4) is 0 Å². The van der Waals surface area contributed by atoms with E-state index in [9.17, 15) is 0 Å². The topological polar surface area (TPSA) is 47.6 Å². The van der Waals surface area contributed by atoms with Gasteiger partial charge in [-0.3, -0.25) is 0 Å². The molecule has 1 aromatic rings. The monoisotopic (exact) mass is 220 g/mol. The molecule has 3 nitrogen and oxygen atoms in total. The number of nitrogen functional groups attached to an aromatic ring is 1. The molecule has 88 valence electrons. The second kappa shape index (κ2) is 5.01. The van der Waals surface area contributed by atoms with Gasteiger partial charge in [0.2, 0.25) is 5.90 Å². The summed E-state index contributed by atoms with van der Waals surface area (Å²) in [6.45, 7) is 8.70. The Kier molecular flexibility index (Phi) is 3.93. The van der Waals surface area contributed by atoms with Crippen molar-refractivity contribution in [2.75, 3.05) is 12.3 Å². The molecule has 1 aliphatic rings. The second-order valence-corrected chi connectivity index (χ2v) is 4.11. The Bertz CT molecular complexity index is 383. The molecule has 0 unspecified atom stereocenters. The van der Waals surface area contributed by atoms with Crippen molar-refractivity contribution >= 4 is 11.6 Å². The Morgan fingerprint density at radius 1 is 1.25 bits per heavy atom. The lowest BCUT2D eigenvalue weighted by Gasteiger charge is -2.07. The second-order valence-electron chi connectivity index (χ2n) is 4.11. The molecule has 0 bridgehead atoms. The lowest BCUT2D eigenvalue weighted by molar-refractivity contribution is 0.279. The third-order valence-electron chi connectivity index (χ3n) is 2.16. The number of benzene rings is 1. The summed E-state index contributed by atoms with van der Waals surface area (Å²) in [6.07, 6.45) is 0. The van der Waals surface area contributed by atoms with Crippen LogP contribution in [0, 0.1) is 0 Å². The molecule has 2 N–H and O–H groups in total. The number of anilines is 1. The lowest BCUT2D eigenvalue weighted by atomic mass is 10.1. The molecule has 0 spiro atoms. The van der Waals surface area contributed by atoms with E-state index in [1.54, 1.807) is 0 Å². The first kappa shape index (κ1) is 12.6. The number of para-hydroxylation sites is 1. The van der Waals surface area contributed by atoms with Crippen LogP contribution in [0.15, 0.2) is 29.3 Å². The molecule has 0 radical (unpaired) electrons. The van der Waals surface area contributed by atoms with Crippen molar-refractivity contribution in [2.24, 2.45) is 4.99 Å². The Labute approximate surface area is 97.3 Å². The van der Waals surface area contributed by atoms with E-state index < -0.39 is 0 Å². The van der Waals surface area contributed by atoms with Gasteiger partial charge in [0.15, 0.2) is 0 Å². The number of hydrogen-bond donors (Lipinski definition) is 1. The summed E-state index contributed by atoms with van der Waals surface area (Å²) >= 11 is 0. The summed E-state index contributed by atoms with van der Waals surface area (Å²) in [5.74, 6) is 0.660. The molecule has 2 rings (SSSR count). The van der Waals surface area contributed by atoms with Crippen molar-refractivity contribution in [3.05, 3.63) is 29.8 Å². The highest BCUT2D eigenvalue weighted by atomic mass is 16.5. The van der Waals surface area contributed by atoms with Gasteiger partial charge in [-0.25, -0.2) is 4.99 Å². The van der Waals surface area contributed by atoms with Crippen LogP contribution in [0.5, 0.6) is 0 Å². The zero-order valence-electron chi connectivity index (χ0n) is 10.4. The molecule has 0 saturated heterocycles. The van der Waals surface area contributed by atoms with Gasteiger partial charge in [0, 0.05) is 5.69 Å². The predicted octanol–water partition coefficient (Wildman–Crippen LogP) is 2.85. The van der Waals surface area contributed by atoms with Gasteiger partial charge >= 0.3 is 0 Å². The SMILES string of the molecule is CC.CC1(C)COC(c2ccccc2N)=N1. The molecule has 1 aliphatic heterocycles. The molecule has 0 amide bonds. The molecule has 1 heterocycles. The Hall–Kier alpha value is -1.51. The van der Waals surface area contributed by atoms with E-state index in [0.29, 0.717) is 18.2 Å². The summed E-state index contributed by atoms with van der Waals surface area (Å²) < 4.78 is 5.51. The fourth-order valence-electron chi connectivity index (χ4n) is 1.41. The number of ether oxygens (including phenoxy) is 1. The zero-order chi connectivity index (χ0) is 12.2. The van der Waals surface area contributed by atoms with E-state index in [1.165, 1.54) is 0 Å². The van der Waals surface area contributed by atoms with Crippen LogP contribution in [0.2, 0.25) is 0 Å². The number of rotatable bonds is 1. The zero-order valence-corrected chi connectivity index (χ0v) is 10.4. The molecule has 0 atom stereocenters. The minimum Gasteiger partial charge on any atom is -0.475 e. The molecule has 0 saturated carbocycles. The smallest absolute Gasteiger partial charge is 0.218 e. The fraction of sp³-hybridized carbons (Fsp3) is 0.462. The van der Waals surface area contributed by atoms with E-state index in [4.69, 9.17) is 10.5 Å². The summed E-state index contributed by atoms with van der Waals surface area (Å²) in [6, 6.07) is 7.62. The van der Waals surface area contributed by atoms with Crippen LogP contribution in [-0.4, -0.2) is 18.0 Å². The first-order chi connectivity index (χ1) is 7.58. The Morgan fingerprint density at radius 3 is 2.38 bits per heavy atom. The summed E-state index contributed by atoms with van der Waals surface area (Å²) in [5, 5.41) is 0. The van der Waals surface area contributed by atoms with Crippen molar-refractivity contribution in [1.29, 1.82) is 0 Å². The maximum atomic E-state index is 5.83. The quantitative estimate of drug-likeness (QED) is 0.740. The molecule has 0 aromatic heterocycles. The van der Waals surface area contributed by atoms with Gasteiger partial charge in [-0.1, -0.05) is 26.0 Å². The first-order valence-electron chi connectivity index (χ1n) is 5.66. The van der Waals surface area contributed by atoms with E-state index in [0.717, 1.165) is 5.56 Å². The number of nitrogens with zero attached hydrogens (tertiary/aromatic N) is 1. The average molecular weight is 220 g/mol. The van der Waals surface area contributed by atoms with Gasteiger partial charge in [-0.15, -0.1) is 0 Å². The average Bonchev–Trinajstić information content (AvgIpc) is 2.62. The molecule has 1 aromatic carbocycles. The third kappa shape index (κ3) is 2.75. The van der Waals surface area contributed by atoms with E-state index in [-0.39, 0.29) is 5.54 Å². The number of hydrogen-bond acceptors (Lipinski definition) is 3. The van der Waals surface area contributed by atoms with Crippen molar-refractivity contribution in [2.45, 2.75) is 33.2 Å². The van der Waals surface area contributed by atoms with Crippen LogP contribution in [-0.2, 0) is 4.74 Å². The maximum absolute atomic E-state index is 5.83. The number of nitrogens with two attached hydrogens (primary N) is 1.